The normalized spacial score (nSPS) is 12.2. The summed E-state index contributed by atoms with van der Waals surface area (Å²) in [5, 5.41) is 13.0. The molecule has 0 spiro atoms. The second kappa shape index (κ2) is 7.49. The number of guanidine groups is 1. The van der Waals surface area contributed by atoms with E-state index >= 15 is 0 Å². The van der Waals surface area contributed by atoms with E-state index in [1.165, 1.54) is 23.5 Å². The van der Waals surface area contributed by atoms with Crippen LogP contribution in [0.25, 0.3) is 11.3 Å². The molecule has 3 aromatic rings. The summed E-state index contributed by atoms with van der Waals surface area (Å²) in [5.74, 6) is 0.170. The SMILES string of the molecule is NC(=Nc1nc(-c2cccc([N+](=O)[O-])c2)cs1)N=C(N)c1ccncc1. The lowest BCUT2D eigenvalue weighted by atomic mass is 10.1. The van der Waals surface area contributed by atoms with Gasteiger partial charge < -0.3 is 11.5 Å². The molecule has 3 rings (SSSR count). The van der Waals surface area contributed by atoms with Crippen LogP contribution in [0.5, 0.6) is 0 Å². The molecule has 9 nitrogen and oxygen atoms in total. The number of hydrogen-bond donors (Lipinski definition) is 2. The summed E-state index contributed by atoms with van der Waals surface area (Å²) in [6, 6.07) is 9.61. The van der Waals surface area contributed by atoms with E-state index in [1.54, 1.807) is 42.0 Å². The molecule has 0 bridgehead atoms. The Morgan fingerprint density at radius 2 is 1.96 bits per heavy atom. The molecule has 4 N–H and O–H groups in total. The minimum atomic E-state index is -0.455. The van der Waals surface area contributed by atoms with Crippen molar-refractivity contribution in [2.75, 3.05) is 0 Å². The van der Waals surface area contributed by atoms with Crippen molar-refractivity contribution in [1.29, 1.82) is 0 Å². The highest BCUT2D eigenvalue weighted by Crippen LogP contribution is 2.28. The van der Waals surface area contributed by atoms with E-state index in [0.717, 1.165) is 0 Å². The zero-order chi connectivity index (χ0) is 18.5. The number of benzene rings is 1. The van der Waals surface area contributed by atoms with Gasteiger partial charge in [-0.15, -0.1) is 11.3 Å². The Balaban J connectivity index is 1.82. The van der Waals surface area contributed by atoms with E-state index in [9.17, 15) is 10.1 Å². The smallest absolute Gasteiger partial charge is 0.270 e. The van der Waals surface area contributed by atoms with Gasteiger partial charge in [-0.1, -0.05) is 12.1 Å². The first-order valence-corrected chi connectivity index (χ1v) is 8.20. The molecular formula is C16H13N7O2S. The number of nitrogens with zero attached hydrogens (tertiary/aromatic N) is 5. The molecule has 0 radical (unpaired) electrons. The molecule has 0 aliphatic carbocycles. The highest BCUT2D eigenvalue weighted by molar-refractivity contribution is 7.13. The van der Waals surface area contributed by atoms with E-state index in [2.05, 4.69) is 20.0 Å². The van der Waals surface area contributed by atoms with Crippen LogP contribution in [-0.2, 0) is 0 Å². The Morgan fingerprint density at radius 1 is 1.19 bits per heavy atom. The van der Waals surface area contributed by atoms with Crippen molar-refractivity contribution in [3.05, 3.63) is 69.8 Å². The zero-order valence-electron chi connectivity index (χ0n) is 13.3. The molecule has 0 fully saturated rings. The minimum Gasteiger partial charge on any atom is -0.383 e. The van der Waals surface area contributed by atoms with E-state index < -0.39 is 4.92 Å². The fourth-order valence-corrected chi connectivity index (χ4v) is 2.76. The summed E-state index contributed by atoms with van der Waals surface area (Å²) in [4.78, 5) is 26.8. The summed E-state index contributed by atoms with van der Waals surface area (Å²) < 4.78 is 0. The van der Waals surface area contributed by atoms with Crippen molar-refractivity contribution in [1.82, 2.24) is 9.97 Å². The lowest BCUT2D eigenvalue weighted by molar-refractivity contribution is -0.384. The first-order chi connectivity index (χ1) is 12.5. The summed E-state index contributed by atoms with van der Waals surface area (Å²) in [6.45, 7) is 0. The highest BCUT2D eigenvalue weighted by atomic mass is 32.1. The van der Waals surface area contributed by atoms with Gasteiger partial charge in [-0.3, -0.25) is 15.1 Å². The van der Waals surface area contributed by atoms with Gasteiger partial charge in [0.15, 0.2) is 0 Å². The van der Waals surface area contributed by atoms with Crippen LogP contribution in [0, 0.1) is 10.1 Å². The molecule has 130 valence electrons. The Labute approximate surface area is 151 Å². The van der Waals surface area contributed by atoms with Crippen molar-refractivity contribution in [3.63, 3.8) is 0 Å². The standard InChI is InChI=1S/C16H13N7O2S/c17-14(10-4-6-19-7-5-10)21-15(18)22-16-20-13(9-26-16)11-2-1-3-12(8-11)23(24)25/h1-9H,(H4,17,18,20,21,22). The summed E-state index contributed by atoms with van der Waals surface area (Å²) in [5.41, 5.74) is 13.5. The Bertz CT molecular complexity index is 999. The second-order valence-corrected chi connectivity index (χ2v) is 5.86. The van der Waals surface area contributed by atoms with Crippen LogP contribution in [0.15, 0.2) is 64.2 Å². The Kier molecular flexibility index (Phi) is 4.94. The van der Waals surface area contributed by atoms with Gasteiger partial charge in [0.1, 0.15) is 5.84 Å². The first-order valence-electron chi connectivity index (χ1n) is 7.32. The van der Waals surface area contributed by atoms with Crippen LogP contribution in [0.2, 0.25) is 0 Å². The molecule has 0 atom stereocenters. The summed E-state index contributed by atoms with van der Waals surface area (Å²) in [6.07, 6.45) is 3.19. The van der Waals surface area contributed by atoms with Crippen molar-refractivity contribution in [3.8, 4) is 11.3 Å². The maximum Gasteiger partial charge on any atom is 0.270 e. The molecule has 0 unspecified atom stereocenters. The Hall–Kier alpha value is -3.66. The molecule has 0 amide bonds. The quantitative estimate of drug-likeness (QED) is 0.313. The van der Waals surface area contributed by atoms with Gasteiger partial charge in [-0.25, -0.2) is 4.98 Å². The average molecular weight is 367 g/mol. The van der Waals surface area contributed by atoms with Crippen LogP contribution in [-0.4, -0.2) is 26.7 Å². The third-order valence-corrected chi connectivity index (χ3v) is 4.00. The van der Waals surface area contributed by atoms with Crippen molar-refractivity contribution in [2.45, 2.75) is 0 Å². The third kappa shape index (κ3) is 4.05. The number of pyridine rings is 1. The number of nitrogens with two attached hydrogens (primary N) is 2. The van der Waals surface area contributed by atoms with Crippen molar-refractivity contribution in [2.24, 2.45) is 21.5 Å². The summed E-state index contributed by atoms with van der Waals surface area (Å²) >= 11 is 1.24. The zero-order valence-corrected chi connectivity index (χ0v) is 14.1. The maximum absolute atomic E-state index is 10.9. The van der Waals surface area contributed by atoms with Gasteiger partial charge in [0.2, 0.25) is 11.1 Å². The van der Waals surface area contributed by atoms with Crippen LogP contribution in [0.1, 0.15) is 5.56 Å². The molecule has 10 heteroatoms. The monoisotopic (exact) mass is 367 g/mol. The number of aliphatic imine (C=N–C) groups is 2. The van der Waals surface area contributed by atoms with Gasteiger partial charge >= 0.3 is 0 Å². The number of aromatic nitrogens is 2. The van der Waals surface area contributed by atoms with E-state index in [0.29, 0.717) is 22.0 Å². The predicted molar refractivity (Wildman–Crippen MR) is 100 cm³/mol. The summed E-state index contributed by atoms with van der Waals surface area (Å²) in [7, 11) is 0. The number of thiazole rings is 1. The lowest BCUT2D eigenvalue weighted by Crippen LogP contribution is -2.19. The van der Waals surface area contributed by atoms with Gasteiger partial charge in [-0.05, 0) is 12.1 Å². The number of non-ortho nitro benzene ring substituents is 1. The molecule has 2 aromatic heterocycles. The Morgan fingerprint density at radius 3 is 2.69 bits per heavy atom. The van der Waals surface area contributed by atoms with Crippen LogP contribution in [0.3, 0.4) is 0 Å². The van der Waals surface area contributed by atoms with Gasteiger partial charge in [-0.2, -0.15) is 9.98 Å². The molecule has 1 aromatic carbocycles. The largest absolute Gasteiger partial charge is 0.383 e. The maximum atomic E-state index is 10.9. The predicted octanol–water partition coefficient (Wildman–Crippen LogP) is 2.47. The van der Waals surface area contributed by atoms with Crippen LogP contribution < -0.4 is 11.5 Å². The lowest BCUT2D eigenvalue weighted by Gasteiger charge is -1.99. The number of rotatable bonds is 4. The van der Waals surface area contributed by atoms with Gasteiger partial charge in [0, 0.05) is 41.0 Å². The number of hydrogen-bond acceptors (Lipinski definition) is 6. The number of nitro benzene ring substituents is 1. The first kappa shape index (κ1) is 17.2. The van der Waals surface area contributed by atoms with Gasteiger partial charge in [0.05, 0.1) is 10.6 Å². The molecule has 0 saturated carbocycles. The average Bonchev–Trinajstić information content (AvgIpc) is 3.10. The van der Waals surface area contributed by atoms with Gasteiger partial charge in [0.25, 0.3) is 5.69 Å². The molecule has 2 heterocycles. The molecule has 0 aliphatic rings. The minimum absolute atomic E-state index is 0.00482. The van der Waals surface area contributed by atoms with Crippen molar-refractivity contribution < 1.29 is 4.92 Å². The van der Waals surface area contributed by atoms with Crippen LogP contribution >= 0.6 is 11.3 Å². The fraction of sp³-hybridized carbons (Fsp3) is 0. The van der Waals surface area contributed by atoms with E-state index in [4.69, 9.17) is 11.5 Å². The topological polar surface area (TPSA) is 146 Å². The number of amidine groups is 1. The highest BCUT2D eigenvalue weighted by Gasteiger charge is 2.10. The molecular weight excluding hydrogens is 354 g/mol. The molecule has 0 saturated heterocycles. The molecule has 26 heavy (non-hydrogen) atoms. The third-order valence-electron chi connectivity index (χ3n) is 3.27. The number of nitro groups is 1. The van der Waals surface area contributed by atoms with E-state index in [1.807, 2.05) is 0 Å². The van der Waals surface area contributed by atoms with Crippen molar-refractivity contribution >= 4 is 34.0 Å². The fourth-order valence-electron chi connectivity index (χ4n) is 2.06. The van der Waals surface area contributed by atoms with Crippen LogP contribution in [0.4, 0.5) is 10.8 Å². The van der Waals surface area contributed by atoms with E-state index in [-0.39, 0.29) is 17.5 Å². The molecule has 0 aliphatic heterocycles. The second-order valence-electron chi connectivity index (χ2n) is 5.03.